The minimum atomic E-state index is 0.827. The number of aliphatic imine (C=N–C) groups is 1. The van der Waals surface area contributed by atoms with E-state index in [-0.39, 0.29) is 0 Å². The molecule has 0 spiro atoms. The summed E-state index contributed by atoms with van der Waals surface area (Å²) in [7, 11) is 0. The van der Waals surface area contributed by atoms with E-state index in [1.807, 2.05) is 42.5 Å². The van der Waals surface area contributed by atoms with Gasteiger partial charge in [-0.1, -0.05) is 60.7 Å². The summed E-state index contributed by atoms with van der Waals surface area (Å²) >= 11 is 0. The van der Waals surface area contributed by atoms with Crippen LogP contribution in [0.15, 0.2) is 88.3 Å². The zero-order chi connectivity index (χ0) is 16.4. The number of benzene rings is 3. The van der Waals surface area contributed by atoms with Gasteiger partial charge in [-0.25, -0.2) is 0 Å². The highest BCUT2D eigenvalue weighted by Gasteiger charge is 2.08. The van der Waals surface area contributed by atoms with Crippen molar-refractivity contribution in [3.8, 4) is 0 Å². The van der Waals surface area contributed by atoms with Crippen LogP contribution in [-0.4, -0.2) is 6.72 Å². The molecule has 0 N–H and O–H groups in total. The largest absolute Gasteiger partial charge is 0.456 e. The molecule has 0 saturated carbocycles. The molecule has 4 rings (SSSR count). The fraction of sp³-hybridized carbons (Fsp3) is 0.0455. The van der Waals surface area contributed by atoms with Gasteiger partial charge in [0.2, 0.25) is 0 Å². The van der Waals surface area contributed by atoms with Gasteiger partial charge in [-0.3, -0.25) is 4.99 Å². The van der Waals surface area contributed by atoms with E-state index in [0.29, 0.717) is 0 Å². The fourth-order valence-corrected chi connectivity index (χ4v) is 2.99. The molecule has 24 heavy (non-hydrogen) atoms. The molecule has 1 aromatic heterocycles. The normalized spacial score (nSPS) is 11.9. The van der Waals surface area contributed by atoms with Gasteiger partial charge in [0.15, 0.2) is 0 Å². The second-order valence-corrected chi connectivity index (χ2v) is 5.75. The van der Waals surface area contributed by atoms with Crippen molar-refractivity contribution in [2.24, 2.45) is 4.99 Å². The van der Waals surface area contributed by atoms with Gasteiger partial charge in [0.25, 0.3) is 0 Å². The van der Waals surface area contributed by atoms with Crippen molar-refractivity contribution in [2.75, 3.05) is 0 Å². The predicted molar refractivity (Wildman–Crippen MR) is 101 cm³/mol. The maximum Gasteiger partial charge on any atom is 0.136 e. The quantitative estimate of drug-likeness (QED) is 0.433. The van der Waals surface area contributed by atoms with E-state index in [4.69, 9.17) is 4.42 Å². The zero-order valence-corrected chi connectivity index (χ0v) is 13.3. The number of allylic oxidation sites excluding steroid dienone is 1. The van der Waals surface area contributed by atoms with Crippen molar-refractivity contribution in [2.45, 2.75) is 6.42 Å². The van der Waals surface area contributed by atoms with Crippen LogP contribution in [0, 0.1) is 0 Å². The van der Waals surface area contributed by atoms with Crippen molar-refractivity contribution in [3.05, 3.63) is 90.0 Å². The molecule has 0 radical (unpaired) electrons. The average Bonchev–Trinajstić information content (AvgIpc) is 3.01. The van der Waals surface area contributed by atoms with E-state index < -0.39 is 0 Å². The standard InChI is InChI=1S/C22H17NO/c1-23-20(14-11-16-7-3-2-4-8-16)17-12-13-19-18-9-5-6-10-21(18)24-22(19)15-17/h2-10,12-15H,1,11H2/b20-14-. The Morgan fingerprint density at radius 2 is 1.62 bits per heavy atom. The number of rotatable bonds is 4. The molecule has 1 heterocycles. The van der Waals surface area contributed by atoms with Crippen LogP contribution in [-0.2, 0) is 6.42 Å². The summed E-state index contributed by atoms with van der Waals surface area (Å²) in [5, 5.41) is 2.27. The molecule has 116 valence electrons. The van der Waals surface area contributed by atoms with E-state index in [1.54, 1.807) is 0 Å². The van der Waals surface area contributed by atoms with E-state index in [1.165, 1.54) is 5.56 Å². The van der Waals surface area contributed by atoms with Crippen LogP contribution >= 0.6 is 0 Å². The topological polar surface area (TPSA) is 25.5 Å². The highest BCUT2D eigenvalue weighted by atomic mass is 16.3. The second kappa shape index (κ2) is 6.17. The van der Waals surface area contributed by atoms with Crippen LogP contribution in [0.5, 0.6) is 0 Å². The third-order valence-corrected chi connectivity index (χ3v) is 4.22. The Hall–Kier alpha value is -3.13. The summed E-state index contributed by atoms with van der Waals surface area (Å²) in [4.78, 5) is 4.20. The molecule has 0 amide bonds. The predicted octanol–water partition coefficient (Wildman–Crippen LogP) is 5.87. The summed E-state index contributed by atoms with van der Waals surface area (Å²) < 4.78 is 5.96. The van der Waals surface area contributed by atoms with E-state index in [2.05, 4.69) is 48.1 Å². The first-order chi connectivity index (χ1) is 11.8. The number of fused-ring (bicyclic) bond motifs is 3. The van der Waals surface area contributed by atoms with Crippen LogP contribution in [0.25, 0.3) is 27.6 Å². The maximum absolute atomic E-state index is 5.96. The third-order valence-electron chi connectivity index (χ3n) is 4.22. The number of nitrogens with zero attached hydrogens (tertiary/aromatic N) is 1. The molecular formula is C22H17NO. The zero-order valence-electron chi connectivity index (χ0n) is 13.3. The van der Waals surface area contributed by atoms with E-state index in [9.17, 15) is 0 Å². The van der Waals surface area contributed by atoms with Gasteiger partial charge in [0.05, 0.1) is 5.70 Å². The van der Waals surface area contributed by atoms with Crippen LogP contribution < -0.4 is 0 Å². The first-order valence-corrected chi connectivity index (χ1v) is 7.97. The summed E-state index contributed by atoms with van der Waals surface area (Å²) in [5.41, 5.74) is 4.94. The van der Waals surface area contributed by atoms with Crippen LogP contribution in [0.1, 0.15) is 11.1 Å². The lowest BCUT2D eigenvalue weighted by Gasteiger charge is -2.03. The van der Waals surface area contributed by atoms with Crippen molar-refractivity contribution in [1.82, 2.24) is 0 Å². The summed E-state index contributed by atoms with van der Waals surface area (Å²) in [5.74, 6) is 0. The molecule has 2 heteroatoms. The Balaban J connectivity index is 1.73. The van der Waals surface area contributed by atoms with E-state index >= 15 is 0 Å². The Morgan fingerprint density at radius 3 is 2.46 bits per heavy atom. The second-order valence-electron chi connectivity index (χ2n) is 5.75. The van der Waals surface area contributed by atoms with Crippen molar-refractivity contribution >= 4 is 34.4 Å². The van der Waals surface area contributed by atoms with Gasteiger partial charge in [-0.05, 0) is 36.9 Å². The van der Waals surface area contributed by atoms with Gasteiger partial charge < -0.3 is 4.42 Å². The molecule has 0 bridgehead atoms. The minimum Gasteiger partial charge on any atom is -0.456 e. The van der Waals surface area contributed by atoms with Crippen LogP contribution in [0.2, 0.25) is 0 Å². The molecule has 4 aromatic rings. The highest BCUT2D eigenvalue weighted by Crippen LogP contribution is 2.31. The monoisotopic (exact) mass is 311 g/mol. The smallest absolute Gasteiger partial charge is 0.136 e. The fourth-order valence-electron chi connectivity index (χ4n) is 2.99. The lowest BCUT2D eigenvalue weighted by Crippen LogP contribution is -1.85. The molecule has 2 nitrogen and oxygen atoms in total. The van der Waals surface area contributed by atoms with Gasteiger partial charge >= 0.3 is 0 Å². The molecule has 0 aliphatic heterocycles. The first kappa shape index (κ1) is 14.5. The minimum absolute atomic E-state index is 0.827. The van der Waals surface area contributed by atoms with Gasteiger partial charge in [0.1, 0.15) is 11.2 Å². The average molecular weight is 311 g/mol. The molecule has 0 atom stereocenters. The summed E-state index contributed by atoms with van der Waals surface area (Å²) in [6, 6.07) is 24.6. The molecule has 0 aliphatic rings. The lowest BCUT2D eigenvalue weighted by molar-refractivity contribution is 0.669. The number of para-hydroxylation sites is 1. The number of hydrogen-bond acceptors (Lipinski definition) is 2. The SMILES string of the molecule is C=N/C(=C\Cc1ccccc1)c1ccc2c(c1)oc1ccccc12. The Kier molecular flexibility index (Phi) is 3.72. The molecule has 0 aliphatic carbocycles. The van der Waals surface area contributed by atoms with Crippen molar-refractivity contribution in [1.29, 1.82) is 0 Å². The van der Waals surface area contributed by atoms with Gasteiger partial charge in [-0.2, -0.15) is 0 Å². The van der Waals surface area contributed by atoms with Gasteiger partial charge in [-0.15, -0.1) is 0 Å². The first-order valence-electron chi connectivity index (χ1n) is 7.97. The van der Waals surface area contributed by atoms with Crippen LogP contribution in [0.4, 0.5) is 0 Å². The van der Waals surface area contributed by atoms with Crippen LogP contribution in [0.3, 0.4) is 0 Å². The van der Waals surface area contributed by atoms with E-state index in [0.717, 1.165) is 39.6 Å². The maximum atomic E-state index is 5.96. The molecule has 0 fully saturated rings. The molecule has 3 aromatic carbocycles. The summed E-state index contributed by atoms with van der Waals surface area (Å²) in [6.45, 7) is 3.72. The highest BCUT2D eigenvalue weighted by molar-refractivity contribution is 6.05. The van der Waals surface area contributed by atoms with Crippen molar-refractivity contribution in [3.63, 3.8) is 0 Å². The Labute approximate surface area is 140 Å². The summed E-state index contributed by atoms with van der Waals surface area (Å²) in [6.07, 6.45) is 2.93. The third kappa shape index (κ3) is 2.63. The van der Waals surface area contributed by atoms with Crippen molar-refractivity contribution < 1.29 is 4.42 Å². The Morgan fingerprint density at radius 1 is 0.875 bits per heavy atom. The van der Waals surface area contributed by atoms with Gasteiger partial charge in [0, 0.05) is 16.3 Å². The molecule has 0 unspecified atom stereocenters. The molecular weight excluding hydrogens is 294 g/mol. The Bertz CT molecular complexity index is 1040. The number of hydrogen-bond donors (Lipinski definition) is 0. The lowest BCUT2D eigenvalue weighted by atomic mass is 10.1. The molecule has 0 saturated heterocycles. The number of furan rings is 1.